The molecular formula is C22H24O5. The minimum Gasteiger partial charge on any atom is -0.455 e. The maximum absolute atomic E-state index is 12.9. The number of hydrogen-bond donors (Lipinski definition) is 0. The summed E-state index contributed by atoms with van der Waals surface area (Å²) < 4.78 is 15.9. The second-order valence-corrected chi connectivity index (χ2v) is 8.67. The first-order valence-corrected chi connectivity index (χ1v) is 9.87. The number of ether oxygens (including phenoxy) is 3. The van der Waals surface area contributed by atoms with Crippen molar-refractivity contribution in [2.24, 2.45) is 23.2 Å². The number of carbonyl (C=O) groups is 2. The summed E-state index contributed by atoms with van der Waals surface area (Å²) in [5.41, 5.74) is 0.611. The molecule has 27 heavy (non-hydrogen) atoms. The van der Waals surface area contributed by atoms with Gasteiger partial charge in [-0.05, 0) is 80.1 Å². The van der Waals surface area contributed by atoms with E-state index in [-0.39, 0.29) is 24.6 Å². The van der Waals surface area contributed by atoms with E-state index in [1.54, 1.807) is 6.08 Å². The van der Waals surface area contributed by atoms with E-state index in [4.69, 9.17) is 14.2 Å². The number of fused-ring (bicyclic) bond motifs is 1. The lowest BCUT2D eigenvalue weighted by Crippen LogP contribution is -2.51. The summed E-state index contributed by atoms with van der Waals surface area (Å²) in [7, 11) is 0. The lowest BCUT2D eigenvalue weighted by Gasteiger charge is -2.55. The van der Waals surface area contributed by atoms with Gasteiger partial charge in [0.15, 0.2) is 23.9 Å². The van der Waals surface area contributed by atoms with Gasteiger partial charge in [-0.15, -0.1) is 0 Å². The van der Waals surface area contributed by atoms with Crippen molar-refractivity contribution in [1.82, 2.24) is 0 Å². The summed E-state index contributed by atoms with van der Waals surface area (Å²) >= 11 is 0. The van der Waals surface area contributed by atoms with Crippen LogP contribution in [0.1, 0.15) is 44.1 Å². The van der Waals surface area contributed by atoms with Gasteiger partial charge < -0.3 is 14.2 Å². The Hall–Kier alpha value is -2.30. The lowest BCUT2D eigenvalue weighted by atomic mass is 9.48. The number of Topliss-reactive ketones (excluding diaryl/α,β-unsaturated/α-hetero) is 1. The van der Waals surface area contributed by atoms with Gasteiger partial charge in [0.1, 0.15) is 0 Å². The van der Waals surface area contributed by atoms with E-state index in [0.717, 1.165) is 24.8 Å². The van der Waals surface area contributed by atoms with Crippen molar-refractivity contribution in [2.75, 3.05) is 13.4 Å². The molecule has 1 aromatic carbocycles. The molecule has 0 atom stereocenters. The molecule has 142 valence electrons. The van der Waals surface area contributed by atoms with Crippen LogP contribution in [0.5, 0.6) is 11.5 Å². The summed E-state index contributed by atoms with van der Waals surface area (Å²) in [5, 5.41) is 0. The van der Waals surface area contributed by atoms with Crippen molar-refractivity contribution in [3.8, 4) is 11.5 Å². The summed E-state index contributed by atoms with van der Waals surface area (Å²) in [5.74, 6) is 3.15. The van der Waals surface area contributed by atoms with E-state index in [1.807, 2.05) is 18.2 Å². The Morgan fingerprint density at radius 1 is 1.04 bits per heavy atom. The zero-order chi connectivity index (χ0) is 18.4. The van der Waals surface area contributed by atoms with Gasteiger partial charge in [0.05, 0.1) is 0 Å². The maximum Gasteiger partial charge on any atom is 0.331 e. The summed E-state index contributed by atoms with van der Waals surface area (Å²) in [6.45, 7) is 0.118. The fourth-order valence-electron chi connectivity index (χ4n) is 5.97. The fraction of sp³-hybridized carbons (Fsp3) is 0.545. The van der Waals surface area contributed by atoms with Crippen LogP contribution >= 0.6 is 0 Å². The van der Waals surface area contributed by atoms with Gasteiger partial charge in [-0.1, -0.05) is 6.07 Å². The van der Waals surface area contributed by atoms with Gasteiger partial charge in [0.2, 0.25) is 6.79 Å². The van der Waals surface area contributed by atoms with Crippen LogP contribution in [0.4, 0.5) is 0 Å². The van der Waals surface area contributed by atoms with E-state index < -0.39 is 5.97 Å². The molecule has 4 saturated carbocycles. The average molecular weight is 368 g/mol. The molecule has 0 unspecified atom stereocenters. The molecule has 0 spiro atoms. The number of carbonyl (C=O) groups excluding carboxylic acids is 2. The molecule has 6 rings (SSSR count). The lowest BCUT2D eigenvalue weighted by molar-refractivity contribution is -0.155. The second-order valence-electron chi connectivity index (χ2n) is 8.67. The normalized spacial score (nSPS) is 32.8. The van der Waals surface area contributed by atoms with Crippen molar-refractivity contribution in [2.45, 2.75) is 38.5 Å². The van der Waals surface area contributed by atoms with Crippen molar-refractivity contribution in [1.29, 1.82) is 0 Å². The Kier molecular flexibility index (Phi) is 3.99. The molecule has 1 aromatic rings. The molecule has 1 aliphatic heterocycles. The summed E-state index contributed by atoms with van der Waals surface area (Å²) in [6, 6.07) is 5.47. The standard InChI is InChI=1S/C22H24O5/c23-20(22-9-15-5-16(10-22)7-17(6-15)11-22)12-25-21(24)4-2-14-1-3-18-19(8-14)27-13-26-18/h1-4,8,15-17H,5-7,9-13H2/b4-2+. The number of rotatable bonds is 5. The minimum absolute atomic E-state index is 0.101. The first-order chi connectivity index (χ1) is 13.1. The molecule has 0 amide bonds. The van der Waals surface area contributed by atoms with Crippen molar-refractivity contribution in [3.05, 3.63) is 29.8 Å². The third kappa shape index (κ3) is 3.13. The van der Waals surface area contributed by atoms with Crippen LogP contribution in [0.25, 0.3) is 6.08 Å². The average Bonchev–Trinajstić information content (AvgIpc) is 3.11. The molecule has 4 bridgehead atoms. The zero-order valence-electron chi connectivity index (χ0n) is 15.3. The Morgan fingerprint density at radius 3 is 2.41 bits per heavy atom. The molecule has 4 aliphatic carbocycles. The maximum atomic E-state index is 12.9. The van der Waals surface area contributed by atoms with E-state index >= 15 is 0 Å². The second kappa shape index (κ2) is 6.39. The number of hydrogen-bond acceptors (Lipinski definition) is 5. The predicted octanol–water partition coefficient (Wildman–Crippen LogP) is 3.76. The Bertz CT molecular complexity index is 774. The van der Waals surface area contributed by atoms with Crippen molar-refractivity contribution < 1.29 is 23.8 Å². The quantitative estimate of drug-likeness (QED) is 0.585. The van der Waals surface area contributed by atoms with Gasteiger partial charge in [-0.25, -0.2) is 4.79 Å². The van der Waals surface area contributed by atoms with Crippen LogP contribution in [0.15, 0.2) is 24.3 Å². The highest BCUT2D eigenvalue weighted by atomic mass is 16.7. The summed E-state index contributed by atoms with van der Waals surface area (Å²) in [4.78, 5) is 24.9. The molecule has 0 saturated heterocycles. The van der Waals surface area contributed by atoms with Gasteiger partial charge in [-0.3, -0.25) is 4.79 Å². The number of esters is 1. The Morgan fingerprint density at radius 2 is 1.70 bits per heavy atom. The molecule has 1 heterocycles. The van der Waals surface area contributed by atoms with Crippen LogP contribution in [-0.2, 0) is 14.3 Å². The highest BCUT2D eigenvalue weighted by Gasteiger charge is 2.54. The largest absolute Gasteiger partial charge is 0.455 e. The monoisotopic (exact) mass is 368 g/mol. The topological polar surface area (TPSA) is 61.8 Å². The molecule has 4 fully saturated rings. The molecular weight excluding hydrogens is 344 g/mol. The summed E-state index contributed by atoms with van der Waals surface area (Å²) in [6.07, 6.45) is 9.93. The third-order valence-electron chi connectivity index (χ3n) is 6.78. The van der Waals surface area contributed by atoms with Crippen molar-refractivity contribution >= 4 is 17.8 Å². The van der Waals surface area contributed by atoms with Crippen molar-refractivity contribution in [3.63, 3.8) is 0 Å². The SMILES string of the molecule is O=C(/C=C/c1ccc2c(c1)OCO2)OCC(=O)C12CC3CC(CC(C3)C1)C2. The van der Waals surface area contributed by atoms with E-state index in [1.165, 1.54) is 25.3 Å². The van der Waals surface area contributed by atoms with Crippen LogP contribution in [0.3, 0.4) is 0 Å². The van der Waals surface area contributed by atoms with E-state index in [2.05, 4.69) is 0 Å². The molecule has 0 aromatic heterocycles. The smallest absolute Gasteiger partial charge is 0.331 e. The van der Waals surface area contributed by atoms with Gasteiger partial charge in [0, 0.05) is 11.5 Å². The molecule has 0 N–H and O–H groups in total. The minimum atomic E-state index is -0.481. The highest BCUT2D eigenvalue weighted by molar-refractivity contribution is 5.91. The van der Waals surface area contributed by atoms with E-state index in [0.29, 0.717) is 29.3 Å². The fourth-order valence-corrected chi connectivity index (χ4v) is 5.97. The van der Waals surface area contributed by atoms with Crippen LogP contribution in [0.2, 0.25) is 0 Å². The van der Waals surface area contributed by atoms with E-state index in [9.17, 15) is 9.59 Å². The third-order valence-corrected chi connectivity index (χ3v) is 6.78. The van der Waals surface area contributed by atoms with Gasteiger partial charge >= 0.3 is 5.97 Å². The first-order valence-electron chi connectivity index (χ1n) is 9.87. The number of benzene rings is 1. The van der Waals surface area contributed by atoms with Crippen LogP contribution in [0, 0.1) is 23.2 Å². The van der Waals surface area contributed by atoms with Crippen LogP contribution < -0.4 is 9.47 Å². The van der Waals surface area contributed by atoms with Gasteiger partial charge in [0.25, 0.3) is 0 Å². The highest BCUT2D eigenvalue weighted by Crippen LogP contribution is 2.60. The zero-order valence-corrected chi connectivity index (χ0v) is 15.3. The van der Waals surface area contributed by atoms with Crippen LogP contribution in [-0.4, -0.2) is 25.2 Å². The molecule has 5 heteroatoms. The van der Waals surface area contributed by atoms with Gasteiger partial charge in [-0.2, -0.15) is 0 Å². The molecule has 5 nitrogen and oxygen atoms in total. The first kappa shape index (κ1) is 16.8. The molecule has 5 aliphatic rings. The Labute approximate surface area is 158 Å². The number of ketones is 1. The molecule has 0 radical (unpaired) electrons. The Balaban J connectivity index is 1.18. The predicted molar refractivity (Wildman–Crippen MR) is 98.2 cm³/mol.